The molecule has 1 aromatic carbocycles. The molecule has 0 radical (unpaired) electrons. The van der Waals surface area contributed by atoms with Gasteiger partial charge in [-0.1, -0.05) is 12.1 Å². The molecule has 0 bridgehead atoms. The Kier molecular flexibility index (Phi) is 7.17. The molecule has 1 unspecified atom stereocenters. The van der Waals surface area contributed by atoms with Gasteiger partial charge in [0.15, 0.2) is 0 Å². The van der Waals surface area contributed by atoms with Gasteiger partial charge in [0.2, 0.25) is 0 Å². The first-order chi connectivity index (χ1) is 13.6. The minimum absolute atomic E-state index is 0.139. The van der Waals surface area contributed by atoms with Gasteiger partial charge in [-0.05, 0) is 66.2 Å². The molecule has 0 spiro atoms. The fraction of sp³-hybridized carbons (Fsp3) is 0.273. The molecule has 3 rings (SSSR count). The van der Waals surface area contributed by atoms with E-state index >= 15 is 0 Å². The van der Waals surface area contributed by atoms with Crippen LogP contribution in [0.15, 0.2) is 65.6 Å². The van der Waals surface area contributed by atoms with Crippen molar-refractivity contribution in [3.05, 3.63) is 82.3 Å². The number of ether oxygens (including phenoxy) is 1. The third-order valence-corrected chi connectivity index (χ3v) is 4.93. The van der Waals surface area contributed by atoms with Crippen LogP contribution in [0.25, 0.3) is 0 Å². The van der Waals surface area contributed by atoms with Crippen LogP contribution < -0.4 is 10.1 Å². The van der Waals surface area contributed by atoms with Crippen molar-refractivity contribution in [2.75, 3.05) is 13.6 Å². The zero-order chi connectivity index (χ0) is 19.8. The van der Waals surface area contributed by atoms with Crippen LogP contribution in [0, 0.1) is 0 Å². The molecule has 2 heterocycles. The molecule has 1 amide bonds. The number of thiophene rings is 1. The zero-order valence-corrected chi connectivity index (χ0v) is 17.0. The van der Waals surface area contributed by atoms with E-state index in [1.807, 2.05) is 19.1 Å². The lowest BCUT2D eigenvalue weighted by molar-refractivity contribution is 0.0932. The Morgan fingerprint density at radius 1 is 1.21 bits per heavy atom. The van der Waals surface area contributed by atoms with Crippen molar-refractivity contribution in [1.29, 1.82) is 0 Å². The number of rotatable bonds is 9. The first-order valence-electron chi connectivity index (χ1n) is 9.23. The fourth-order valence-electron chi connectivity index (χ4n) is 2.89. The van der Waals surface area contributed by atoms with Crippen molar-refractivity contribution < 1.29 is 9.53 Å². The topological polar surface area (TPSA) is 54.5 Å². The summed E-state index contributed by atoms with van der Waals surface area (Å²) in [4.78, 5) is 18.3. The Balaban J connectivity index is 1.48. The standard InChI is InChI=1S/C22H25N3O2S/c1-17(12-24-22(26)20-6-4-9-23-13-20)27-21-7-3-5-18(11-21)14-25(2)15-19-8-10-28-16-19/h3-11,13,16-17H,12,14-15H2,1-2H3,(H,24,26). The Morgan fingerprint density at radius 3 is 2.82 bits per heavy atom. The molecule has 0 saturated carbocycles. The van der Waals surface area contributed by atoms with E-state index in [9.17, 15) is 4.79 Å². The van der Waals surface area contributed by atoms with Gasteiger partial charge in [0.05, 0.1) is 12.1 Å². The first kappa shape index (κ1) is 20.0. The van der Waals surface area contributed by atoms with Crippen LogP contribution in [0.4, 0.5) is 0 Å². The van der Waals surface area contributed by atoms with Crippen LogP contribution in [-0.2, 0) is 13.1 Å². The third-order valence-electron chi connectivity index (χ3n) is 4.19. The largest absolute Gasteiger partial charge is 0.489 e. The van der Waals surface area contributed by atoms with Crippen LogP contribution in [0.1, 0.15) is 28.4 Å². The van der Waals surface area contributed by atoms with Crippen molar-refractivity contribution in [2.45, 2.75) is 26.1 Å². The van der Waals surface area contributed by atoms with Crippen molar-refractivity contribution in [2.24, 2.45) is 0 Å². The van der Waals surface area contributed by atoms with Crippen molar-refractivity contribution >= 4 is 17.2 Å². The van der Waals surface area contributed by atoms with E-state index in [1.54, 1.807) is 35.9 Å². The summed E-state index contributed by atoms with van der Waals surface area (Å²) in [6.45, 7) is 4.14. The molecular weight excluding hydrogens is 370 g/mol. The second kappa shape index (κ2) is 10.0. The summed E-state index contributed by atoms with van der Waals surface area (Å²) in [5.41, 5.74) is 3.07. The van der Waals surface area contributed by atoms with Crippen LogP contribution in [0.2, 0.25) is 0 Å². The summed E-state index contributed by atoms with van der Waals surface area (Å²) in [5.74, 6) is 0.664. The maximum absolute atomic E-state index is 12.1. The van der Waals surface area contributed by atoms with Crippen LogP contribution in [-0.4, -0.2) is 35.5 Å². The average Bonchev–Trinajstić information content (AvgIpc) is 3.20. The summed E-state index contributed by atoms with van der Waals surface area (Å²) in [6.07, 6.45) is 3.06. The number of carbonyl (C=O) groups is 1. The monoisotopic (exact) mass is 395 g/mol. The predicted octanol–water partition coefficient (Wildman–Crippen LogP) is 3.97. The van der Waals surface area contributed by atoms with Gasteiger partial charge in [0.25, 0.3) is 5.91 Å². The molecule has 6 heteroatoms. The van der Waals surface area contributed by atoms with E-state index in [2.05, 4.69) is 51.2 Å². The lowest BCUT2D eigenvalue weighted by atomic mass is 10.2. The molecule has 1 N–H and O–H groups in total. The van der Waals surface area contributed by atoms with E-state index in [0.29, 0.717) is 12.1 Å². The van der Waals surface area contributed by atoms with Gasteiger partial charge in [-0.15, -0.1) is 0 Å². The summed E-state index contributed by atoms with van der Waals surface area (Å²) >= 11 is 1.72. The molecule has 0 fully saturated rings. The molecule has 2 aromatic heterocycles. The summed E-state index contributed by atoms with van der Waals surface area (Å²) < 4.78 is 5.98. The maximum atomic E-state index is 12.1. The number of nitrogens with one attached hydrogen (secondary N) is 1. The highest BCUT2D eigenvalue weighted by Crippen LogP contribution is 2.17. The number of hydrogen-bond acceptors (Lipinski definition) is 5. The maximum Gasteiger partial charge on any atom is 0.252 e. The Bertz CT molecular complexity index is 869. The van der Waals surface area contributed by atoms with Crippen molar-refractivity contribution in [3.8, 4) is 5.75 Å². The SMILES string of the molecule is CC(CNC(=O)c1cccnc1)Oc1cccc(CN(C)Cc2ccsc2)c1. The Labute approximate surface area is 170 Å². The van der Waals surface area contributed by atoms with Crippen LogP contribution >= 0.6 is 11.3 Å². The highest BCUT2D eigenvalue weighted by atomic mass is 32.1. The Hall–Kier alpha value is -2.70. The van der Waals surface area contributed by atoms with E-state index in [-0.39, 0.29) is 12.0 Å². The van der Waals surface area contributed by atoms with Crippen molar-refractivity contribution in [3.63, 3.8) is 0 Å². The molecule has 5 nitrogen and oxygen atoms in total. The number of nitrogens with zero attached hydrogens (tertiary/aromatic N) is 2. The molecule has 28 heavy (non-hydrogen) atoms. The number of pyridine rings is 1. The van der Waals surface area contributed by atoms with E-state index < -0.39 is 0 Å². The quantitative estimate of drug-likeness (QED) is 0.596. The molecule has 3 aromatic rings. The highest BCUT2D eigenvalue weighted by molar-refractivity contribution is 7.07. The van der Waals surface area contributed by atoms with E-state index in [4.69, 9.17) is 4.74 Å². The first-order valence-corrected chi connectivity index (χ1v) is 10.2. The van der Waals surface area contributed by atoms with Gasteiger partial charge in [-0.25, -0.2) is 0 Å². The van der Waals surface area contributed by atoms with Crippen LogP contribution in [0.3, 0.4) is 0 Å². The van der Waals surface area contributed by atoms with Gasteiger partial charge in [-0.2, -0.15) is 11.3 Å². The number of hydrogen-bond donors (Lipinski definition) is 1. The number of benzene rings is 1. The number of amides is 1. The minimum atomic E-state index is -0.146. The average molecular weight is 396 g/mol. The number of carbonyl (C=O) groups excluding carboxylic acids is 1. The molecule has 0 aliphatic rings. The zero-order valence-electron chi connectivity index (χ0n) is 16.2. The predicted molar refractivity (Wildman–Crippen MR) is 113 cm³/mol. The summed E-state index contributed by atoms with van der Waals surface area (Å²) in [7, 11) is 2.11. The molecular formula is C22H25N3O2S. The van der Waals surface area contributed by atoms with Crippen molar-refractivity contribution in [1.82, 2.24) is 15.2 Å². The van der Waals surface area contributed by atoms with Gasteiger partial charge in [0.1, 0.15) is 11.9 Å². The minimum Gasteiger partial charge on any atom is -0.489 e. The van der Waals surface area contributed by atoms with Gasteiger partial charge in [-0.3, -0.25) is 14.7 Å². The van der Waals surface area contributed by atoms with Gasteiger partial charge < -0.3 is 10.1 Å². The number of aromatic nitrogens is 1. The van der Waals surface area contributed by atoms with Gasteiger partial charge >= 0.3 is 0 Å². The van der Waals surface area contributed by atoms with E-state index in [1.165, 1.54) is 11.1 Å². The second-order valence-corrected chi connectivity index (χ2v) is 7.61. The molecule has 0 saturated heterocycles. The van der Waals surface area contributed by atoms with Crippen LogP contribution in [0.5, 0.6) is 5.75 Å². The summed E-state index contributed by atoms with van der Waals surface area (Å²) in [6, 6.07) is 13.8. The molecule has 1 atom stereocenters. The molecule has 146 valence electrons. The molecule has 0 aliphatic carbocycles. The fourth-order valence-corrected chi connectivity index (χ4v) is 3.55. The third kappa shape index (κ3) is 6.18. The Morgan fingerprint density at radius 2 is 2.07 bits per heavy atom. The molecule has 0 aliphatic heterocycles. The second-order valence-electron chi connectivity index (χ2n) is 6.83. The lowest BCUT2D eigenvalue weighted by Crippen LogP contribution is -2.33. The smallest absolute Gasteiger partial charge is 0.252 e. The van der Waals surface area contributed by atoms with Gasteiger partial charge in [0, 0.05) is 25.5 Å². The van der Waals surface area contributed by atoms with E-state index in [0.717, 1.165) is 18.8 Å². The normalized spacial score (nSPS) is 12.0. The summed E-state index contributed by atoms with van der Waals surface area (Å²) in [5, 5.41) is 7.16. The highest BCUT2D eigenvalue weighted by Gasteiger charge is 2.10. The lowest BCUT2D eigenvalue weighted by Gasteiger charge is -2.18.